The summed E-state index contributed by atoms with van der Waals surface area (Å²) in [6.45, 7) is 2.77. The van der Waals surface area contributed by atoms with Crippen LogP contribution in [0.15, 0.2) is 48.8 Å². The molecule has 2 aromatic rings. The molecule has 1 atom stereocenters. The topological polar surface area (TPSA) is 36.4 Å². The summed E-state index contributed by atoms with van der Waals surface area (Å²) in [6, 6.07) is 12.0. The van der Waals surface area contributed by atoms with Gasteiger partial charge in [0.25, 0.3) is 0 Å². The number of nitrogens with zero attached hydrogens (tertiary/aromatic N) is 2. The first kappa shape index (κ1) is 13.6. The van der Waals surface area contributed by atoms with Crippen LogP contribution in [0.25, 0.3) is 0 Å². The minimum absolute atomic E-state index is 0.410. The summed E-state index contributed by atoms with van der Waals surface area (Å²) in [6.07, 6.45) is 3.96. The Bertz CT molecular complexity index is 513. The molecule has 0 aliphatic rings. The van der Waals surface area contributed by atoms with Gasteiger partial charge in [-0.05, 0) is 24.1 Å². The number of aliphatic hydroxyl groups is 1. The molecule has 100 valence electrons. The highest BCUT2D eigenvalue weighted by molar-refractivity contribution is 5.54. The lowest BCUT2D eigenvalue weighted by molar-refractivity contribution is 0.174. The molecular formula is C16H20N2O. The number of aliphatic hydroxyl groups excluding tert-OH is 1. The fourth-order valence-electron chi connectivity index (χ4n) is 2.19. The Morgan fingerprint density at radius 3 is 2.68 bits per heavy atom. The van der Waals surface area contributed by atoms with Gasteiger partial charge in [-0.25, -0.2) is 0 Å². The van der Waals surface area contributed by atoms with Gasteiger partial charge in [-0.3, -0.25) is 4.98 Å². The quantitative estimate of drug-likeness (QED) is 0.892. The third kappa shape index (κ3) is 3.32. The maximum atomic E-state index is 10.1. The average Bonchev–Trinajstić information content (AvgIpc) is 2.47. The molecule has 0 radical (unpaired) electrons. The van der Waals surface area contributed by atoms with E-state index in [9.17, 15) is 5.11 Å². The van der Waals surface area contributed by atoms with E-state index in [2.05, 4.69) is 16.0 Å². The van der Waals surface area contributed by atoms with E-state index in [4.69, 9.17) is 0 Å². The number of hydrogen-bond acceptors (Lipinski definition) is 3. The van der Waals surface area contributed by atoms with Gasteiger partial charge in [0.05, 0.1) is 6.10 Å². The van der Waals surface area contributed by atoms with Crippen molar-refractivity contribution in [1.29, 1.82) is 0 Å². The monoisotopic (exact) mass is 256 g/mol. The third-order valence-electron chi connectivity index (χ3n) is 3.24. The Morgan fingerprint density at radius 2 is 2.00 bits per heavy atom. The first-order valence-electron chi connectivity index (χ1n) is 6.59. The molecule has 1 N–H and O–H groups in total. The average molecular weight is 256 g/mol. The van der Waals surface area contributed by atoms with Gasteiger partial charge in [0, 0.05) is 37.2 Å². The van der Waals surface area contributed by atoms with E-state index in [0.29, 0.717) is 0 Å². The number of pyridine rings is 1. The van der Waals surface area contributed by atoms with Crippen molar-refractivity contribution in [2.45, 2.75) is 26.0 Å². The fraction of sp³-hybridized carbons (Fsp3) is 0.312. The number of hydrogen-bond donors (Lipinski definition) is 1. The number of rotatable bonds is 5. The first-order chi connectivity index (χ1) is 9.22. The van der Waals surface area contributed by atoms with Gasteiger partial charge in [0.1, 0.15) is 0 Å². The second-order valence-corrected chi connectivity index (χ2v) is 4.70. The smallest absolute Gasteiger partial charge is 0.0807 e. The maximum Gasteiger partial charge on any atom is 0.0807 e. The summed E-state index contributed by atoms with van der Waals surface area (Å²) < 4.78 is 0. The molecule has 2 rings (SSSR count). The Kier molecular flexibility index (Phi) is 4.53. The Labute approximate surface area is 114 Å². The SMILES string of the molecule is CC[C@@H](O)c1ccccc1N(C)Cc1cccnc1. The van der Waals surface area contributed by atoms with E-state index >= 15 is 0 Å². The molecule has 0 saturated heterocycles. The summed E-state index contributed by atoms with van der Waals surface area (Å²) in [5, 5.41) is 10.1. The van der Waals surface area contributed by atoms with E-state index < -0.39 is 6.10 Å². The molecule has 3 nitrogen and oxygen atoms in total. The number of anilines is 1. The Morgan fingerprint density at radius 1 is 1.21 bits per heavy atom. The number of para-hydroxylation sites is 1. The molecule has 0 aliphatic heterocycles. The van der Waals surface area contributed by atoms with Crippen molar-refractivity contribution in [1.82, 2.24) is 4.98 Å². The van der Waals surface area contributed by atoms with Crippen LogP contribution in [0, 0.1) is 0 Å². The summed E-state index contributed by atoms with van der Waals surface area (Å²) in [7, 11) is 2.04. The predicted octanol–water partition coefficient (Wildman–Crippen LogP) is 3.16. The zero-order chi connectivity index (χ0) is 13.7. The Hall–Kier alpha value is -1.87. The van der Waals surface area contributed by atoms with E-state index in [-0.39, 0.29) is 0 Å². The van der Waals surface area contributed by atoms with E-state index in [1.54, 1.807) is 6.20 Å². The van der Waals surface area contributed by atoms with Crippen molar-refractivity contribution >= 4 is 5.69 Å². The van der Waals surface area contributed by atoms with Crippen molar-refractivity contribution in [3.05, 3.63) is 59.9 Å². The lowest BCUT2D eigenvalue weighted by Crippen LogP contribution is -2.19. The van der Waals surface area contributed by atoms with Crippen molar-refractivity contribution in [2.24, 2.45) is 0 Å². The molecule has 1 heterocycles. The van der Waals surface area contributed by atoms with E-state index in [1.807, 2.05) is 50.5 Å². The lowest BCUT2D eigenvalue weighted by atomic mass is 10.0. The van der Waals surface area contributed by atoms with Crippen LogP contribution in [0.1, 0.15) is 30.6 Å². The summed E-state index contributed by atoms with van der Waals surface area (Å²) in [5.74, 6) is 0. The van der Waals surface area contributed by atoms with Gasteiger partial charge in [-0.2, -0.15) is 0 Å². The zero-order valence-electron chi connectivity index (χ0n) is 11.5. The lowest BCUT2D eigenvalue weighted by Gasteiger charge is -2.24. The standard InChI is InChI=1S/C16H20N2O/c1-3-16(19)14-8-4-5-9-15(14)18(2)12-13-7-6-10-17-11-13/h4-11,16,19H,3,12H2,1-2H3/t16-/m1/s1. The fourth-order valence-corrected chi connectivity index (χ4v) is 2.19. The minimum atomic E-state index is -0.410. The summed E-state index contributed by atoms with van der Waals surface area (Å²) in [5.41, 5.74) is 3.21. The van der Waals surface area contributed by atoms with Crippen LogP contribution in [-0.4, -0.2) is 17.1 Å². The molecule has 19 heavy (non-hydrogen) atoms. The molecular weight excluding hydrogens is 236 g/mol. The van der Waals surface area contributed by atoms with Gasteiger partial charge in [0.15, 0.2) is 0 Å². The maximum absolute atomic E-state index is 10.1. The summed E-state index contributed by atoms with van der Waals surface area (Å²) in [4.78, 5) is 6.27. The van der Waals surface area contributed by atoms with E-state index in [1.165, 1.54) is 0 Å². The van der Waals surface area contributed by atoms with Gasteiger partial charge < -0.3 is 10.0 Å². The van der Waals surface area contributed by atoms with Crippen LogP contribution in [0.4, 0.5) is 5.69 Å². The Balaban J connectivity index is 2.21. The van der Waals surface area contributed by atoms with Crippen LogP contribution in [0.5, 0.6) is 0 Å². The molecule has 0 unspecified atom stereocenters. The van der Waals surface area contributed by atoms with Crippen LogP contribution < -0.4 is 4.90 Å². The molecule has 0 aliphatic carbocycles. The number of benzene rings is 1. The molecule has 0 bridgehead atoms. The van der Waals surface area contributed by atoms with Crippen molar-refractivity contribution in [3.8, 4) is 0 Å². The molecule has 1 aromatic carbocycles. The minimum Gasteiger partial charge on any atom is -0.388 e. The van der Waals surface area contributed by atoms with Crippen molar-refractivity contribution in [3.63, 3.8) is 0 Å². The van der Waals surface area contributed by atoms with Crippen LogP contribution in [-0.2, 0) is 6.54 Å². The van der Waals surface area contributed by atoms with Gasteiger partial charge in [-0.15, -0.1) is 0 Å². The van der Waals surface area contributed by atoms with Gasteiger partial charge in [0.2, 0.25) is 0 Å². The molecule has 0 spiro atoms. The highest BCUT2D eigenvalue weighted by atomic mass is 16.3. The molecule has 0 saturated carbocycles. The molecule has 3 heteroatoms. The van der Waals surface area contributed by atoms with Crippen molar-refractivity contribution < 1.29 is 5.11 Å². The predicted molar refractivity (Wildman–Crippen MR) is 78.0 cm³/mol. The van der Waals surface area contributed by atoms with E-state index in [0.717, 1.165) is 29.8 Å². The first-order valence-corrected chi connectivity index (χ1v) is 6.59. The second-order valence-electron chi connectivity index (χ2n) is 4.70. The second kappa shape index (κ2) is 6.34. The normalized spacial score (nSPS) is 12.2. The summed E-state index contributed by atoms with van der Waals surface area (Å²) >= 11 is 0. The molecule has 1 aromatic heterocycles. The highest BCUT2D eigenvalue weighted by Gasteiger charge is 2.13. The van der Waals surface area contributed by atoms with Crippen LogP contribution in [0.3, 0.4) is 0 Å². The number of aromatic nitrogens is 1. The van der Waals surface area contributed by atoms with Gasteiger partial charge >= 0.3 is 0 Å². The third-order valence-corrected chi connectivity index (χ3v) is 3.24. The molecule has 0 amide bonds. The largest absolute Gasteiger partial charge is 0.388 e. The van der Waals surface area contributed by atoms with Crippen LogP contribution >= 0.6 is 0 Å². The van der Waals surface area contributed by atoms with Gasteiger partial charge in [-0.1, -0.05) is 31.2 Å². The zero-order valence-corrected chi connectivity index (χ0v) is 11.5. The highest BCUT2D eigenvalue weighted by Crippen LogP contribution is 2.28. The van der Waals surface area contributed by atoms with Crippen LogP contribution in [0.2, 0.25) is 0 Å². The molecule has 0 fully saturated rings. The van der Waals surface area contributed by atoms with Crippen molar-refractivity contribution in [2.75, 3.05) is 11.9 Å².